The number of hydrogen-bond acceptors (Lipinski definition) is 2. The van der Waals surface area contributed by atoms with Crippen LogP contribution in [0, 0.1) is 5.92 Å². The van der Waals surface area contributed by atoms with Gasteiger partial charge in [-0.3, -0.25) is 4.90 Å². The van der Waals surface area contributed by atoms with Crippen LogP contribution in [0.15, 0.2) is 30.3 Å². The second kappa shape index (κ2) is 6.89. The number of hydrogen-bond donors (Lipinski definition) is 1. The predicted molar refractivity (Wildman–Crippen MR) is 68.8 cm³/mol. The van der Waals surface area contributed by atoms with Gasteiger partial charge in [0.25, 0.3) is 0 Å². The lowest BCUT2D eigenvalue weighted by molar-refractivity contribution is 0.127. The van der Waals surface area contributed by atoms with Crippen molar-refractivity contribution in [1.29, 1.82) is 0 Å². The van der Waals surface area contributed by atoms with Gasteiger partial charge in [0.15, 0.2) is 0 Å². The number of halogens is 1. The molecule has 0 spiro atoms. The van der Waals surface area contributed by atoms with Crippen molar-refractivity contribution in [1.82, 2.24) is 4.90 Å². The minimum atomic E-state index is 0. The second-order valence-electron chi connectivity index (χ2n) is 4.39. The Hall–Kier alpha value is -0.570. The van der Waals surface area contributed by atoms with E-state index in [0.717, 1.165) is 32.5 Å². The third-order valence-electron chi connectivity index (χ3n) is 3.21. The van der Waals surface area contributed by atoms with Crippen LogP contribution in [0.1, 0.15) is 18.4 Å². The van der Waals surface area contributed by atoms with Gasteiger partial charge in [-0.05, 0) is 37.4 Å². The first kappa shape index (κ1) is 13.5. The van der Waals surface area contributed by atoms with Crippen molar-refractivity contribution in [3.05, 3.63) is 35.9 Å². The lowest BCUT2D eigenvalue weighted by Gasteiger charge is -2.30. The summed E-state index contributed by atoms with van der Waals surface area (Å²) in [6, 6.07) is 10.6. The van der Waals surface area contributed by atoms with Crippen molar-refractivity contribution in [2.24, 2.45) is 5.92 Å². The van der Waals surface area contributed by atoms with E-state index in [1.54, 1.807) is 0 Å². The summed E-state index contributed by atoms with van der Waals surface area (Å²) in [5.74, 6) is 0.539. The molecule has 1 saturated heterocycles. The fourth-order valence-electron chi connectivity index (χ4n) is 2.17. The van der Waals surface area contributed by atoms with Gasteiger partial charge >= 0.3 is 0 Å². The van der Waals surface area contributed by atoms with E-state index in [2.05, 4.69) is 35.2 Å². The maximum Gasteiger partial charge on any atom is 0.0460 e. The van der Waals surface area contributed by atoms with Crippen molar-refractivity contribution in [3.63, 3.8) is 0 Å². The molecular formula is C13H20ClNO. The molecular weight excluding hydrogens is 222 g/mol. The first-order chi connectivity index (χ1) is 7.38. The molecule has 0 saturated carbocycles. The molecule has 2 nitrogen and oxygen atoms in total. The molecule has 0 aliphatic carbocycles. The number of rotatable bonds is 3. The van der Waals surface area contributed by atoms with Crippen molar-refractivity contribution in [2.45, 2.75) is 19.4 Å². The summed E-state index contributed by atoms with van der Waals surface area (Å²) < 4.78 is 0. The van der Waals surface area contributed by atoms with Gasteiger partial charge < -0.3 is 5.11 Å². The molecule has 1 aliphatic rings. The Morgan fingerprint density at radius 2 is 1.75 bits per heavy atom. The third kappa shape index (κ3) is 3.78. The minimum Gasteiger partial charge on any atom is -0.396 e. The Bertz CT molecular complexity index is 283. The fourth-order valence-corrected chi connectivity index (χ4v) is 2.17. The van der Waals surface area contributed by atoms with Crippen LogP contribution in [0.3, 0.4) is 0 Å². The highest BCUT2D eigenvalue weighted by molar-refractivity contribution is 5.85. The van der Waals surface area contributed by atoms with Crippen LogP contribution in [-0.4, -0.2) is 29.7 Å². The first-order valence-corrected chi connectivity index (χ1v) is 5.75. The van der Waals surface area contributed by atoms with Gasteiger partial charge in [-0.2, -0.15) is 0 Å². The van der Waals surface area contributed by atoms with Crippen molar-refractivity contribution in [3.8, 4) is 0 Å². The van der Waals surface area contributed by atoms with Crippen LogP contribution >= 0.6 is 12.4 Å². The maximum atomic E-state index is 9.05. The molecule has 1 aliphatic heterocycles. The molecule has 2 rings (SSSR count). The second-order valence-corrected chi connectivity index (χ2v) is 4.39. The summed E-state index contributed by atoms with van der Waals surface area (Å²) in [5, 5.41) is 9.05. The highest BCUT2D eigenvalue weighted by Gasteiger charge is 2.17. The monoisotopic (exact) mass is 241 g/mol. The van der Waals surface area contributed by atoms with Gasteiger partial charge in [-0.25, -0.2) is 0 Å². The molecule has 1 N–H and O–H groups in total. The van der Waals surface area contributed by atoms with Crippen LogP contribution in [0.5, 0.6) is 0 Å². The first-order valence-electron chi connectivity index (χ1n) is 5.75. The largest absolute Gasteiger partial charge is 0.396 e. The molecule has 3 heteroatoms. The number of aliphatic hydroxyl groups excluding tert-OH is 1. The average molecular weight is 242 g/mol. The molecule has 1 heterocycles. The zero-order valence-corrected chi connectivity index (χ0v) is 10.3. The molecule has 90 valence electrons. The normalized spacial score (nSPS) is 18.1. The van der Waals surface area contributed by atoms with E-state index < -0.39 is 0 Å². The van der Waals surface area contributed by atoms with Gasteiger partial charge in [0.05, 0.1) is 0 Å². The average Bonchev–Trinajstić information content (AvgIpc) is 2.31. The Balaban J connectivity index is 0.00000128. The molecule has 1 fully saturated rings. The lowest BCUT2D eigenvalue weighted by Crippen LogP contribution is -2.34. The van der Waals surface area contributed by atoms with Gasteiger partial charge in [-0.15, -0.1) is 12.4 Å². The van der Waals surface area contributed by atoms with Crippen LogP contribution in [-0.2, 0) is 6.54 Å². The summed E-state index contributed by atoms with van der Waals surface area (Å²) in [4.78, 5) is 2.47. The summed E-state index contributed by atoms with van der Waals surface area (Å²) in [7, 11) is 0. The van der Waals surface area contributed by atoms with Crippen molar-refractivity contribution < 1.29 is 5.11 Å². The van der Waals surface area contributed by atoms with Crippen LogP contribution < -0.4 is 0 Å². The number of nitrogens with zero attached hydrogens (tertiary/aromatic N) is 1. The zero-order valence-electron chi connectivity index (χ0n) is 9.51. The summed E-state index contributed by atoms with van der Waals surface area (Å²) in [5.41, 5.74) is 1.39. The van der Waals surface area contributed by atoms with Crippen molar-refractivity contribution >= 4 is 12.4 Å². The predicted octanol–water partition coefficient (Wildman–Crippen LogP) is 2.31. The van der Waals surface area contributed by atoms with E-state index in [4.69, 9.17) is 5.11 Å². The lowest BCUT2D eigenvalue weighted by atomic mass is 9.97. The highest BCUT2D eigenvalue weighted by atomic mass is 35.5. The number of benzene rings is 1. The van der Waals surface area contributed by atoms with Gasteiger partial charge in [0.2, 0.25) is 0 Å². The Morgan fingerprint density at radius 3 is 2.31 bits per heavy atom. The quantitative estimate of drug-likeness (QED) is 0.878. The standard InChI is InChI=1S/C13H19NO.ClH/c15-11-13-6-8-14(9-7-13)10-12-4-2-1-3-5-12;/h1-5,13,15H,6-11H2;1H. The van der Waals surface area contributed by atoms with E-state index in [9.17, 15) is 0 Å². The van der Waals surface area contributed by atoms with Gasteiger partial charge in [0.1, 0.15) is 0 Å². The van der Waals surface area contributed by atoms with E-state index >= 15 is 0 Å². The molecule has 0 amide bonds. The zero-order chi connectivity index (χ0) is 10.5. The Morgan fingerprint density at radius 1 is 1.12 bits per heavy atom. The SMILES string of the molecule is Cl.OCC1CCN(Cc2ccccc2)CC1. The minimum absolute atomic E-state index is 0. The smallest absolute Gasteiger partial charge is 0.0460 e. The van der Waals surface area contributed by atoms with Crippen LogP contribution in [0.4, 0.5) is 0 Å². The van der Waals surface area contributed by atoms with E-state index in [0.29, 0.717) is 12.5 Å². The molecule has 0 radical (unpaired) electrons. The summed E-state index contributed by atoms with van der Waals surface area (Å²) in [6.45, 7) is 3.67. The molecule has 0 unspecified atom stereocenters. The highest BCUT2D eigenvalue weighted by Crippen LogP contribution is 2.18. The molecule has 16 heavy (non-hydrogen) atoms. The van der Waals surface area contributed by atoms with Gasteiger partial charge in [0, 0.05) is 13.2 Å². The van der Waals surface area contributed by atoms with Crippen LogP contribution in [0.25, 0.3) is 0 Å². The van der Waals surface area contributed by atoms with Crippen molar-refractivity contribution in [2.75, 3.05) is 19.7 Å². The Labute approximate surface area is 104 Å². The summed E-state index contributed by atoms with van der Waals surface area (Å²) in [6.07, 6.45) is 2.28. The van der Waals surface area contributed by atoms with Crippen LogP contribution in [0.2, 0.25) is 0 Å². The van der Waals surface area contributed by atoms with E-state index in [1.807, 2.05) is 0 Å². The number of piperidine rings is 1. The molecule has 1 aromatic carbocycles. The molecule has 0 bridgehead atoms. The number of aliphatic hydroxyl groups is 1. The third-order valence-corrected chi connectivity index (χ3v) is 3.21. The molecule has 0 atom stereocenters. The fraction of sp³-hybridized carbons (Fsp3) is 0.538. The molecule has 1 aromatic rings. The maximum absolute atomic E-state index is 9.05. The van der Waals surface area contributed by atoms with E-state index in [1.165, 1.54) is 5.56 Å². The van der Waals surface area contributed by atoms with E-state index in [-0.39, 0.29) is 12.4 Å². The summed E-state index contributed by atoms with van der Waals surface area (Å²) >= 11 is 0. The van der Waals surface area contributed by atoms with Gasteiger partial charge in [-0.1, -0.05) is 30.3 Å². The topological polar surface area (TPSA) is 23.5 Å². The molecule has 0 aromatic heterocycles. The Kier molecular flexibility index (Phi) is 5.81. The number of likely N-dealkylation sites (tertiary alicyclic amines) is 1.